The van der Waals surface area contributed by atoms with Gasteiger partial charge in [-0.25, -0.2) is 0 Å². The molecule has 0 aromatic carbocycles. The molecule has 0 atom stereocenters. The lowest BCUT2D eigenvalue weighted by atomic mass is 10.1. The molecule has 3 heterocycles. The Hall–Kier alpha value is -2.41. The van der Waals surface area contributed by atoms with Gasteiger partial charge in [-0.05, 0) is 6.07 Å². The first-order valence-corrected chi connectivity index (χ1v) is 6.38. The Morgan fingerprint density at radius 2 is 2.15 bits per heavy atom. The van der Waals surface area contributed by atoms with Gasteiger partial charge in [0.2, 0.25) is 5.95 Å². The zero-order chi connectivity index (χ0) is 13.9. The maximum atomic E-state index is 12.2. The van der Waals surface area contributed by atoms with Crippen molar-refractivity contribution in [3.8, 4) is 11.1 Å². The highest BCUT2D eigenvalue weighted by atomic mass is 16.5. The molecule has 0 spiro atoms. The van der Waals surface area contributed by atoms with E-state index < -0.39 is 0 Å². The highest BCUT2D eigenvalue weighted by Gasteiger charge is 2.17. The van der Waals surface area contributed by atoms with Gasteiger partial charge in [0, 0.05) is 31.0 Å². The predicted molar refractivity (Wildman–Crippen MR) is 75.5 cm³/mol. The third kappa shape index (κ3) is 2.35. The Balaban J connectivity index is 2.01. The summed E-state index contributed by atoms with van der Waals surface area (Å²) in [7, 11) is 0. The molecule has 0 amide bonds. The van der Waals surface area contributed by atoms with E-state index in [2.05, 4.69) is 15.0 Å². The van der Waals surface area contributed by atoms with Gasteiger partial charge in [0.05, 0.1) is 18.8 Å². The first-order chi connectivity index (χ1) is 9.75. The largest absolute Gasteiger partial charge is 0.383 e. The summed E-state index contributed by atoms with van der Waals surface area (Å²) in [5.41, 5.74) is 6.70. The number of ether oxygens (including phenoxy) is 1. The topological polar surface area (TPSA) is 97.1 Å². The minimum Gasteiger partial charge on any atom is -0.383 e. The van der Waals surface area contributed by atoms with Gasteiger partial charge in [0.15, 0.2) is 0 Å². The van der Waals surface area contributed by atoms with Crippen molar-refractivity contribution < 1.29 is 4.74 Å². The highest BCUT2D eigenvalue weighted by Crippen LogP contribution is 2.20. The lowest BCUT2D eigenvalue weighted by Crippen LogP contribution is -2.38. The molecule has 3 N–H and O–H groups in total. The van der Waals surface area contributed by atoms with Crippen molar-refractivity contribution in [1.29, 1.82) is 0 Å². The third-order valence-electron chi connectivity index (χ3n) is 3.20. The minimum absolute atomic E-state index is 0.211. The van der Waals surface area contributed by atoms with Crippen LogP contribution >= 0.6 is 0 Å². The molecule has 20 heavy (non-hydrogen) atoms. The number of nitrogens with zero attached hydrogens (tertiary/aromatic N) is 3. The van der Waals surface area contributed by atoms with Crippen LogP contribution in [-0.2, 0) is 4.74 Å². The predicted octanol–water partition coefficient (Wildman–Crippen LogP) is 0.251. The fourth-order valence-corrected chi connectivity index (χ4v) is 2.19. The average molecular weight is 273 g/mol. The summed E-state index contributed by atoms with van der Waals surface area (Å²) < 4.78 is 5.27. The smallest absolute Gasteiger partial charge is 0.262 e. The molecule has 2 aromatic rings. The third-order valence-corrected chi connectivity index (χ3v) is 3.20. The Labute approximate surface area is 115 Å². The number of nitrogen functional groups attached to an aromatic ring is 1. The maximum Gasteiger partial charge on any atom is 0.262 e. The molecule has 7 heteroatoms. The summed E-state index contributed by atoms with van der Waals surface area (Å²) in [4.78, 5) is 25.3. The van der Waals surface area contributed by atoms with Crippen LogP contribution in [0.4, 0.5) is 11.8 Å². The number of hydrogen-bond donors (Lipinski definition) is 2. The number of morpholine rings is 1. The Kier molecular flexibility index (Phi) is 3.34. The Morgan fingerprint density at radius 1 is 1.35 bits per heavy atom. The number of hydrogen-bond acceptors (Lipinski definition) is 6. The summed E-state index contributed by atoms with van der Waals surface area (Å²) in [6.45, 7) is 2.62. The van der Waals surface area contributed by atoms with Gasteiger partial charge in [-0.1, -0.05) is 6.07 Å². The molecule has 1 aliphatic rings. The van der Waals surface area contributed by atoms with Crippen molar-refractivity contribution >= 4 is 11.8 Å². The molecule has 2 aromatic heterocycles. The fraction of sp³-hybridized carbons (Fsp3) is 0.308. The van der Waals surface area contributed by atoms with Crippen molar-refractivity contribution in [2.45, 2.75) is 0 Å². The second-order valence-corrected chi connectivity index (χ2v) is 4.49. The zero-order valence-corrected chi connectivity index (χ0v) is 10.9. The molecule has 1 aliphatic heterocycles. The monoisotopic (exact) mass is 273 g/mol. The molecule has 7 nitrogen and oxygen atoms in total. The normalized spacial score (nSPS) is 15.3. The van der Waals surface area contributed by atoms with E-state index >= 15 is 0 Å². The molecule has 0 saturated carbocycles. The van der Waals surface area contributed by atoms with E-state index in [4.69, 9.17) is 10.5 Å². The summed E-state index contributed by atoms with van der Waals surface area (Å²) in [6.07, 6.45) is 3.24. The van der Waals surface area contributed by atoms with Gasteiger partial charge in [-0.2, -0.15) is 4.98 Å². The van der Waals surface area contributed by atoms with Gasteiger partial charge in [0.25, 0.3) is 5.56 Å². The van der Waals surface area contributed by atoms with Crippen molar-refractivity contribution in [2.75, 3.05) is 36.9 Å². The summed E-state index contributed by atoms with van der Waals surface area (Å²) in [5, 5.41) is 0. The van der Waals surface area contributed by atoms with Crippen LogP contribution in [0.25, 0.3) is 11.1 Å². The Morgan fingerprint density at radius 3 is 2.80 bits per heavy atom. The number of pyridine rings is 1. The molecule has 1 saturated heterocycles. The summed E-state index contributed by atoms with van der Waals surface area (Å²) in [6, 6.07) is 3.54. The van der Waals surface area contributed by atoms with Crippen LogP contribution in [0.15, 0.2) is 29.3 Å². The lowest BCUT2D eigenvalue weighted by molar-refractivity contribution is 0.122. The summed E-state index contributed by atoms with van der Waals surface area (Å²) in [5.74, 6) is 0.701. The van der Waals surface area contributed by atoms with E-state index in [1.807, 2.05) is 4.90 Å². The maximum absolute atomic E-state index is 12.2. The SMILES string of the molecule is Nc1nc(N2CCOCC2)[nH]c(=O)c1-c1cccnc1. The molecular weight excluding hydrogens is 258 g/mol. The van der Waals surface area contributed by atoms with Crippen LogP contribution in [0, 0.1) is 0 Å². The van der Waals surface area contributed by atoms with Crippen LogP contribution in [-0.4, -0.2) is 41.3 Å². The van der Waals surface area contributed by atoms with E-state index in [0.717, 1.165) is 0 Å². The number of nitrogens with two attached hydrogens (primary N) is 1. The number of anilines is 2. The van der Waals surface area contributed by atoms with E-state index in [0.29, 0.717) is 43.4 Å². The zero-order valence-electron chi connectivity index (χ0n) is 10.9. The van der Waals surface area contributed by atoms with E-state index in [9.17, 15) is 4.79 Å². The Bertz CT molecular complexity index is 650. The molecule has 3 rings (SSSR count). The first-order valence-electron chi connectivity index (χ1n) is 6.38. The number of nitrogens with one attached hydrogen (secondary N) is 1. The standard InChI is InChI=1S/C13H15N5O2/c14-11-10(9-2-1-3-15-8-9)12(19)17-13(16-11)18-4-6-20-7-5-18/h1-3,8H,4-7H2,(H3,14,16,17,19). The van der Waals surface area contributed by atoms with Gasteiger partial charge >= 0.3 is 0 Å². The molecule has 104 valence electrons. The van der Waals surface area contributed by atoms with Crippen molar-refractivity contribution in [2.24, 2.45) is 0 Å². The van der Waals surface area contributed by atoms with Crippen molar-refractivity contribution in [1.82, 2.24) is 15.0 Å². The van der Waals surface area contributed by atoms with Crippen LogP contribution < -0.4 is 16.2 Å². The number of H-pyrrole nitrogens is 1. The first kappa shape index (κ1) is 12.6. The number of aromatic nitrogens is 3. The summed E-state index contributed by atoms with van der Waals surface area (Å²) >= 11 is 0. The van der Waals surface area contributed by atoms with Crippen LogP contribution in [0.1, 0.15) is 0 Å². The molecule has 1 fully saturated rings. The van der Waals surface area contributed by atoms with E-state index in [1.165, 1.54) is 0 Å². The number of aromatic amines is 1. The van der Waals surface area contributed by atoms with Crippen molar-refractivity contribution in [3.05, 3.63) is 34.9 Å². The molecular formula is C13H15N5O2. The minimum atomic E-state index is -0.257. The lowest BCUT2D eigenvalue weighted by Gasteiger charge is -2.27. The van der Waals surface area contributed by atoms with Crippen LogP contribution in [0.5, 0.6) is 0 Å². The number of rotatable bonds is 2. The fourth-order valence-electron chi connectivity index (χ4n) is 2.19. The van der Waals surface area contributed by atoms with Gasteiger partial charge < -0.3 is 15.4 Å². The van der Waals surface area contributed by atoms with E-state index in [1.54, 1.807) is 24.5 Å². The molecule has 0 aliphatic carbocycles. The second kappa shape index (κ2) is 5.30. The van der Waals surface area contributed by atoms with Crippen LogP contribution in [0.3, 0.4) is 0 Å². The van der Waals surface area contributed by atoms with Gasteiger partial charge in [-0.15, -0.1) is 0 Å². The second-order valence-electron chi connectivity index (χ2n) is 4.49. The van der Waals surface area contributed by atoms with Crippen molar-refractivity contribution in [3.63, 3.8) is 0 Å². The van der Waals surface area contributed by atoms with Gasteiger partial charge in [-0.3, -0.25) is 14.8 Å². The quantitative estimate of drug-likeness (QED) is 0.814. The van der Waals surface area contributed by atoms with Gasteiger partial charge in [0.1, 0.15) is 5.82 Å². The molecule has 0 unspecified atom stereocenters. The van der Waals surface area contributed by atoms with E-state index in [-0.39, 0.29) is 11.4 Å². The highest BCUT2D eigenvalue weighted by molar-refractivity contribution is 5.72. The molecule has 0 bridgehead atoms. The molecule has 0 radical (unpaired) electrons. The average Bonchev–Trinajstić information content (AvgIpc) is 2.48. The van der Waals surface area contributed by atoms with Crippen LogP contribution in [0.2, 0.25) is 0 Å².